The Kier molecular flexibility index (Phi) is 17.2. The second-order valence-corrected chi connectivity index (χ2v) is 17.7. The van der Waals surface area contributed by atoms with Crippen LogP contribution >= 0.6 is 7.60 Å². The molecule has 0 saturated carbocycles. The molecule has 0 aliphatic carbocycles. The number of nitrogens with one attached hydrogen (secondary N) is 1. The topological polar surface area (TPSA) is 204 Å². The molecule has 58 heavy (non-hydrogen) atoms. The van der Waals surface area contributed by atoms with Crippen molar-refractivity contribution in [1.82, 2.24) is 9.62 Å². The molecule has 7 atom stereocenters. The Bertz CT molecular complexity index is 1790. The number of sulfonamides is 1. The van der Waals surface area contributed by atoms with Gasteiger partial charge in [0, 0.05) is 13.1 Å². The van der Waals surface area contributed by atoms with E-state index in [-0.39, 0.29) is 48.7 Å². The Morgan fingerprint density at radius 3 is 2.33 bits per heavy atom. The average molecular weight is 871 g/mol. The number of halogens is 3. The number of rotatable bonds is 22. The number of hydrogen-bond donors (Lipinski definition) is 2. The lowest BCUT2D eigenvalue weighted by atomic mass is 10.0. The zero-order valence-corrected chi connectivity index (χ0v) is 34.3. The number of aliphatic hydroxyl groups excluding tert-OH is 1. The summed E-state index contributed by atoms with van der Waals surface area (Å²) in [6, 6.07) is 10.4. The molecule has 2 saturated heterocycles. The largest absolute Gasteiger partial charge is 0.497 e. The van der Waals surface area contributed by atoms with Crippen LogP contribution in [0.4, 0.5) is 18.0 Å². The fraction of sp³-hybridized carbons (Fsp3) is 0.611. The SMILES string of the molecule is CCOOC(=O)C(C)OP(=O)(COc1ccc(C[C@H](NC(=O)O[C@H]2CO[C@H]3OCC[C@H]32)[C@H](O)CN(CC(C)C)S(=O)(=O)c2ccc(OC)cc2)cc1)OCC(F)(F)F. The average Bonchev–Trinajstić information content (AvgIpc) is 3.80. The lowest BCUT2D eigenvalue weighted by Gasteiger charge is -2.31. The van der Waals surface area contributed by atoms with Gasteiger partial charge in [-0.1, -0.05) is 26.0 Å². The van der Waals surface area contributed by atoms with Gasteiger partial charge in [0.05, 0.1) is 49.9 Å². The van der Waals surface area contributed by atoms with Crippen LogP contribution in [0.25, 0.3) is 0 Å². The molecule has 2 fully saturated rings. The zero-order valence-electron chi connectivity index (χ0n) is 32.6. The van der Waals surface area contributed by atoms with Crippen molar-refractivity contribution in [2.45, 2.75) is 82.3 Å². The summed E-state index contributed by atoms with van der Waals surface area (Å²) in [6.45, 7) is 4.38. The van der Waals surface area contributed by atoms with E-state index in [1.165, 1.54) is 62.6 Å². The van der Waals surface area contributed by atoms with Crippen molar-refractivity contribution in [2.75, 3.05) is 53.0 Å². The minimum atomic E-state index is -4.89. The molecule has 2 N–H and O–H groups in total. The van der Waals surface area contributed by atoms with E-state index in [1.54, 1.807) is 0 Å². The van der Waals surface area contributed by atoms with Crippen LogP contribution in [0.15, 0.2) is 53.4 Å². The summed E-state index contributed by atoms with van der Waals surface area (Å²) in [5.41, 5.74) is 0.485. The molecule has 2 aromatic carbocycles. The van der Waals surface area contributed by atoms with Crippen LogP contribution in [0.2, 0.25) is 0 Å². The second-order valence-electron chi connectivity index (χ2n) is 13.9. The Morgan fingerprint density at radius 2 is 1.71 bits per heavy atom. The Balaban J connectivity index is 1.52. The fourth-order valence-electron chi connectivity index (χ4n) is 5.93. The first kappa shape index (κ1) is 47.2. The molecule has 0 spiro atoms. The van der Waals surface area contributed by atoms with Crippen molar-refractivity contribution < 1.29 is 83.4 Å². The van der Waals surface area contributed by atoms with Crippen LogP contribution in [0.3, 0.4) is 0 Å². The smallest absolute Gasteiger partial charge is 0.412 e. The number of benzene rings is 2. The summed E-state index contributed by atoms with van der Waals surface area (Å²) >= 11 is 0. The number of carbonyl (C=O) groups is 2. The van der Waals surface area contributed by atoms with Gasteiger partial charge in [-0.3, -0.25) is 18.5 Å². The van der Waals surface area contributed by atoms with Crippen molar-refractivity contribution in [3.63, 3.8) is 0 Å². The van der Waals surface area contributed by atoms with Crippen LogP contribution in [0.1, 0.15) is 39.7 Å². The Hall–Kier alpha value is -3.53. The molecule has 2 aliphatic rings. The van der Waals surface area contributed by atoms with Crippen molar-refractivity contribution in [2.24, 2.45) is 11.8 Å². The molecular formula is C36H50F3N2O15PS. The molecule has 0 radical (unpaired) electrons. The van der Waals surface area contributed by atoms with E-state index < -0.39 is 86.0 Å². The number of carbonyl (C=O) groups excluding carboxylic acids is 2. The first-order valence-corrected chi connectivity index (χ1v) is 21.6. The first-order valence-electron chi connectivity index (χ1n) is 18.4. The number of hydrogen-bond acceptors (Lipinski definition) is 15. The lowest BCUT2D eigenvalue weighted by Crippen LogP contribution is -2.51. The van der Waals surface area contributed by atoms with Gasteiger partial charge in [-0.2, -0.15) is 22.4 Å². The van der Waals surface area contributed by atoms with Crippen molar-refractivity contribution in [3.8, 4) is 11.5 Å². The van der Waals surface area contributed by atoms with Crippen LogP contribution < -0.4 is 14.8 Å². The number of aliphatic hydroxyl groups is 1. The molecule has 2 aromatic rings. The zero-order chi connectivity index (χ0) is 42.7. The molecule has 2 aliphatic heterocycles. The summed E-state index contributed by atoms with van der Waals surface area (Å²) in [6.07, 6.45) is -10.5. The fourth-order valence-corrected chi connectivity index (χ4v) is 8.97. The van der Waals surface area contributed by atoms with Crippen LogP contribution in [0, 0.1) is 11.8 Å². The summed E-state index contributed by atoms with van der Waals surface area (Å²) < 4.78 is 118. The summed E-state index contributed by atoms with van der Waals surface area (Å²) in [4.78, 5) is 34.2. The maximum atomic E-state index is 13.8. The van der Waals surface area contributed by atoms with Gasteiger partial charge < -0.3 is 34.1 Å². The lowest BCUT2D eigenvalue weighted by molar-refractivity contribution is -0.274. The third-order valence-electron chi connectivity index (χ3n) is 8.77. The predicted molar refractivity (Wildman–Crippen MR) is 197 cm³/mol. The Labute approximate surface area is 334 Å². The monoisotopic (exact) mass is 870 g/mol. The van der Waals surface area contributed by atoms with Gasteiger partial charge >= 0.3 is 25.8 Å². The standard InChI is InChI=1S/C36H50F3N2O15PS/c1-6-52-55-33(43)24(4)56-57(45,53-21-36(37,38)39)22-51-27-9-7-25(8-10-27)17-30(40-35(44)54-32-20-50-34-29(32)15-16-49-34)31(42)19-41(18-23(2)3)58(46,47)28-13-11-26(48-5)12-14-28/h7-14,23-24,29-32,34,42H,6,15-22H2,1-5H3,(H,40,44)/t24?,29-,30-,31+,32-,34+,57?/m0/s1. The third kappa shape index (κ3) is 14.0. The number of ether oxygens (including phenoxy) is 5. The number of methoxy groups -OCH3 is 1. The van der Waals surface area contributed by atoms with Gasteiger partial charge in [-0.05, 0) is 74.6 Å². The number of alkyl halides is 3. The quantitative estimate of drug-likeness (QED) is 0.0926. The van der Waals surface area contributed by atoms with E-state index in [0.29, 0.717) is 24.3 Å². The molecule has 326 valence electrons. The van der Waals surface area contributed by atoms with E-state index in [9.17, 15) is 40.8 Å². The predicted octanol–water partition coefficient (Wildman–Crippen LogP) is 4.81. The van der Waals surface area contributed by atoms with Gasteiger partial charge in [-0.25, -0.2) is 18.0 Å². The molecule has 4 rings (SSSR count). The highest BCUT2D eigenvalue weighted by molar-refractivity contribution is 7.89. The van der Waals surface area contributed by atoms with E-state index in [0.717, 1.165) is 11.2 Å². The molecule has 22 heteroatoms. The molecule has 1 amide bonds. The highest BCUT2D eigenvalue weighted by Gasteiger charge is 2.44. The summed E-state index contributed by atoms with van der Waals surface area (Å²) in [5, 5.41) is 14.3. The maximum Gasteiger partial charge on any atom is 0.412 e. The highest BCUT2D eigenvalue weighted by Crippen LogP contribution is 2.50. The van der Waals surface area contributed by atoms with Crippen LogP contribution in [-0.4, -0.2) is 120 Å². The van der Waals surface area contributed by atoms with E-state index in [2.05, 4.69) is 19.6 Å². The van der Waals surface area contributed by atoms with Gasteiger partial charge in [0.15, 0.2) is 25.3 Å². The van der Waals surface area contributed by atoms with Gasteiger partial charge in [0.1, 0.15) is 17.6 Å². The van der Waals surface area contributed by atoms with Crippen LogP contribution in [-0.2, 0) is 58.8 Å². The van der Waals surface area contributed by atoms with E-state index >= 15 is 0 Å². The molecule has 2 unspecified atom stereocenters. The number of nitrogens with zero attached hydrogens (tertiary/aromatic N) is 1. The number of amides is 1. The second kappa shape index (κ2) is 21.1. The summed E-state index contributed by atoms with van der Waals surface area (Å²) in [5.74, 6) is -1.05. The Morgan fingerprint density at radius 1 is 1.03 bits per heavy atom. The van der Waals surface area contributed by atoms with Gasteiger partial charge in [-0.15, -0.1) is 0 Å². The van der Waals surface area contributed by atoms with Gasteiger partial charge in [0.2, 0.25) is 10.0 Å². The van der Waals surface area contributed by atoms with E-state index in [1.807, 2.05) is 13.8 Å². The van der Waals surface area contributed by atoms with E-state index in [4.69, 9.17) is 28.2 Å². The molecular weight excluding hydrogens is 820 g/mol. The summed E-state index contributed by atoms with van der Waals surface area (Å²) in [7, 11) is -7.44. The van der Waals surface area contributed by atoms with Gasteiger partial charge in [0.25, 0.3) is 0 Å². The van der Waals surface area contributed by atoms with Crippen molar-refractivity contribution in [3.05, 3.63) is 54.1 Å². The molecule has 2 heterocycles. The maximum absolute atomic E-state index is 13.8. The minimum Gasteiger partial charge on any atom is -0.497 e. The minimum absolute atomic E-state index is 0.000426. The molecule has 17 nitrogen and oxygen atoms in total. The number of fused-ring (bicyclic) bond motifs is 1. The molecule has 0 bridgehead atoms. The van der Waals surface area contributed by atoms with Crippen molar-refractivity contribution >= 4 is 29.7 Å². The highest BCUT2D eigenvalue weighted by atomic mass is 32.2. The third-order valence-corrected chi connectivity index (χ3v) is 12.2. The molecule has 0 aromatic heterocycles. The normalized spacial score (nSPS) is 20.8. The van der Waals surface area contributed by atoms with Crippen molar-refractivity contribution in [1.29, 1.82) is 0 Å². The van der Waals surface area contributed by atoms with Crippen LogP contribution in [0.5, 0.6) is 11.5 Å². The first-order chi connectivity index (χ1) is 27.3. The number of alkyl carbamates (subject to hydrolysis) is 1.